The molecule has 0 atom stereocenters. The van der Waals surface area contributed by atoms with Gasteiger partial charge in [0.1, 0.15) is 0 Å². The van der Waals surface area contributed by atoms with Gasteiger partial charge in [-0.1, -0.05) is 13.5 Å². The van der Waals surface area contributed by atoms with E-state index in [9.17, 15) is 4.79 Å². The quantitative estimate of drug-likeness (QED) is 0.471. The molecule has 1 aliphatic heterocycles. The number of carbonyl (C=O) groups is 1. The van der Waals surface area contributed by atoms with Crippen LogP contribution in [-0.4, -0.2) is 23.9 Å². The lowest BCUT2D eigenvalue weighted by atomic mass is 10.0. The molecule has 1 amide bonds. The molecule has 0 spiro atoms. The minimum absolute atomic E-state index is 0.0631. The highest BCUT2D eigenvalue weighted by molar-refractivity contribution is 5.87. The number of nitrogens with zero attached hydrogens (tertiary/aromatic N) is 1. The zero-order chi connectivity index (χ0) is 6.85. The van der Waals surface area contributed by atoms with Crippen molar-refractivity contribution in [1.29, 1.82) is 0 Å². The molecular weight excluding hydrogens is 114 g/mol. The topological polar surface area (TPSA) is 20.3 Å². The second-order valence-electron chi connectivity index (χ2n) is 2.55. The van der Waals surface area contributed by atoms with Gasteiger partial charge in [-0.25, -0.2) is 0 Å². The van der Waals surface area contributed by atoms with Gasteiger partial charge in [0.2, 0.25) is 5.91 Å². The van der Waals surface area contributed by atoms with Crippen molar-refractivity contribution in [3.8, 4) is 0 Å². The van der Waals surface area contributed by atoms with Crippen molar-refractivity contribution in [2.24, 2.45) is 5.92 Å². The number of likely N-dealkylation sites (tertiary alicyclic amines) is 1. The minimum atomic E-state index is 0.0631. The first kappa shape index (κ1) is 6.33. The third-order valence-electron chi connectivity index (χ3n) is 1.55. The molecule has 1 fully saturated rings. The van der Waals surface area contributed by atoms with Gasteiger partial charge < -0.3 is 4.90 Å². The SMILES string of the molecule is C=CC(=O)N1CC(C)C1. The van der Waals surface area contributed by atoms with Crippen molar-refractivity contribution in [2.45, 2.75) is 6.92 Å². The van der Waals surface area contributed by atoms with Crippen LogP contribution in [0, 0.1) is 5.92 Å². The molecule has 1 saturated heterocycles. The molecule has 0 aromatic heterocycles. The molecule has 9 heavy (non-hydrogen) atoms. The van der Waals surface area contributed by atoms with E-state index in [2.05, 4.69) is 13.5 Å². The highest BCUT2D eigenvalue weighted by Crippen LogP contribution is 2.13. The van der Waals surface area contributed by atoms with Crippen molar-refractivity contribution in [2.75, 3.05) is 13.1 Å². The highest BCUT2D eigenvalue weighted by Gasteiger charge is 2.24. The zero-order valence-corrected chi connectivity index (χ0v) is 5.63. The Kier molecular flexibility index (Phi) is 1.56. The second kappa shape index (κ2) is 2.21. The Labute approximate surface area is 55.2 Å². The molecule has 0 N–H and O–H groups in total. The van der Waals surface area contributed by atoms with E-state index in [1.54, 1.807) is 4.90 Å². The first-order chi connectivity index (χ1) is 4.24. The van der Waals surface area contributed by atoms with Gasteiger partial charge in [-0.15, -0.1) is 0 Å². The van der Waals surface area contributed by atoms with E-state index in [0.29, 0.717) is 5.92 Å². The third kappa shape index (κ3) is 1.12. The number of hydrogen-bond donors (Lipinski definition) is 0. The molecule has 0 unspecified atom stereocenters. The largest absolute Gasteiger partial charge is 0.339 e. The molecular formula is C7H11NO. The summed E-state index contributed by atoms with van der Waals surface area (Å²) < 4.78 is 0. The Morgan fingerprint density at radius 1 is 1.78 bits per heavy atom. The summed E-state index contributed by atoms with van der Waals surface area (Å²) in [6, 6.07) is 0. The molecule has 0 saturated carbocycles. The molecule has 0 bridgehead atoms. The van der Waals surface area contributed by atoms with Crippen molar-refractivity contribution < 1.29 is 4.79 Å². The summed E-state index contributed by atoms with van der Waals surface area (Å²) in [6.45, 7) is 7.34. The van der Waals surface area contributed by atoms with E-state index in [-0.39, 0.29) is 5.91 Å². The summed E-state index contributed by atoms with van der Waals surface area (Å²) in [5, 5.41) is 0. The van der Waals surface area contributed by atoms with Crippen molar-refractivity contribution in [1.82, 2.24) is 4.90 Å². The summed E-state index contributed by atoms with van der Waals surface area (Å²) in [7, 11) is 0. The van der Waals surface area contributed by atoms with Crippen LogP contribution in [0.5, 0.6) is 0 Å². The molecule has 1 aliphatic rings. The van der Waals surface area contributed by atoms with Crippen LogP contribution in [0.25, 0.3) is 0 Å². The Morgan fingerprint density at radius 3 is 2.67 bits per heavy atom. The molecule has 0 radical (unpaired) electrons. The normalized spacial score (nSPS) is 19.0. The van der Waals surface area contributed by atoms with Gasteiger partial charge in [0.15, 0.2) is 0 Å². The van der Waals surface area contributed by atoms with Crippen LogP contribution in [0.4, 0.5) is 0 Å². The standard InChI is InChI=1S/C7H11NO/c1-3-7(9)8-4-6(2)5-8/h3,6H,1,4-5H2,2H3. The van der Waals surface area contributed by atoms with Gasteiger partial charge >= 0.3 is 0 Å². The lowest BCUT2D eigenvalue weighted by molar-refractivity contribution is -0.131. The summed E-state index contributed by atoms with van der Waals surface area (Å²) >= 11 is 0. The van der Waals surface area contributed by atoms with Crippen molar-refractivity contribution in [3.05, 3.63) is 12.7 Å². The van der Waals surface area contributed by atoms with Crippen LogP contribution in [0.1, 0.15) is 6.92 Å². The Balaban J connectivity index is 2.31. The smallest absolute Gasteiger partial charge is 0.245 e. The highest BCUT2D eigenvalue weighted by atomic mass is 16.2. The van der Waals surface area contributed by atoms with Crippen LogP contribution < -0.4 is 0 Å². The average molecular weight is 125 g/mol. The summed E-state index contributed by atoms with van der Waals surface area (Å²) in [6.07, 6.45) is 1.37. The monoisotopic (exact) mass is 125 g/mol. The van der Waals surface area contributed by atoms with Crippen molar-refractivity contribution >= 4 is 5.91 Å². The van der Waals surface area contributed by atoms with Gasteiger partial charge in [0.05, 0.1) is 0 Å². The van der Waals surface area contributed by atoms with E-state index in [0.717, 1.165) is 13.1 Å². The summed E-state index contributed by atoms with van der Waals surface area (Å²) in [5.41, 5.74) is 0. The predicted molar refractivity (Wildman–Crippen MR) is 35.9 cm³/mol. The van der Waals surface area contributed by atoms with E-state index in [1.165, 1.54) is 6.08 Å². The van der Waals surface area contributed by atoms with E-state index in [4.69, 9.17) is 0 Å². The maximum atomic E-state index is 10.7. The average Bonchev–Trinajstić information content (AvgIpc) is 1.79. The number of carbonyl (C=O) groups excluding carboxylic acids is 1. The van der Waals surface area contributed by atoms with Gasteiger partial charge in [-0.3, -0.25) is 4.79 Å². The molecule has 50 valence electrons. The van der Waals surface area contributed by atoms with Crippen LogP contribution in [-0.2, 0) is 4.79 Å². The van der Waals surface area contributed by atoms with Crippen LogP contribution in [0.2, 0.25) is 0 Å². The van der Waals surface area contributed by atoms with Crippen LogP contribution in [0.15, 0.2) is 12.7 Å². The number of amides is 1. The predicted octanol–water partition coefficient (Wildman–Crippen LogP) is 0.651. The lowest BCUT2D eigenvalue weighted by Gasteiger charge is -2.36. The maximum absolute atomic E-state index is 10.7. The number of rotatable bonds is 1. The molecule has 0 aromatic rings. The second-order valence-corrected chi connectivity index (χ2v) is 2.55. The molecule has 2 heteroatoms. The van der Waals surface area contributed by atoms with Gasteiger partial charge in [-0.05, 0) is 12.0 Å². The molecule has 1 rings (SSSR count). The first-order valence-electron chi connectivity index (χ1n) is 3.15. The number of hydrogen-bond acceptors (Lipinski definition) is 1. The van der Waals surface area contributed by atoms with Crippen LogP contribution in [0.3, 0.4) is 0 Å². The summed E-state index contributed by atoms with van der Waals surface area (Å²) in [4.78, 5) is 12.5. The lowest BCUT2D eigenvalue weighted by Crippen LogP contribution is -2.47. The molecule has 1 heterocycles. The molecule has 0 aliphatic carbocycles. The molecule has 2 nitrogen and oxygen atoms in total. The molecule has 0 aromatic carbocycles. The fraction of sp³-hybridized carbons (Fsp3) is 0.571. The minimum Gasteiger partial charge on any atom is -0.339 e. The third-order valence-corrected chi connectivity index (χ3v) is 1.55. The van der Waals surface area contributed by atoms with Gasteiger partial charge in [-0.2, -0.15) is 0 Å². The van der Waals surface area contributed by atoms with E-state index >= 15 is 0 Å². The Bertz CT molecular complexity index is 136. The first-order valence-corrected chi connectivity index (χ1v) is 3.15. The summed E-state index contributed by atoms with van der Waals surface area (Å²) in [5.74, 6) is 0.752. The van der Waals surface area contributed by atoms with Crippen LogP contribution >= 0.6 is 0 Å². The van der Waals surface area contributed by atoms with Crippen molar-refractivity contribution in [3.63, 3.8) is 0 Å². The zero-order valence-electron chi connectivity index (χ0n) is 5.63. The van der Waals surface area contributed by atoms with E-state index < -0.39 is 0 Å². The van der Waals surface area contributed by atoms with Gasteiger partial charge in [0.25, 0.3) is 0 Å². The maximum Gasteiger partial charge on any atom is 0.245 e. The van der Waals surface area contributed by atoms with Gasteiger partial charge in [0, 0.05) is 13.1 Å². The fourth-order valence-corrected chi connectivity index (χ4v) is 1.01. The Hall–Kier alpha value is -0.790. The van der Waals surface area contributed by atoms with E-state index in [1.807, 2.05) is 0 Å². The Morgan fingerprint density at radius 2 is 2.33 bits per heavy atom. The fourth-order valence-electron chi connectivity index (χ4n) is 1.01.